The van der Waals surface area contributed by atoms with Gasteiger partial charge in [0.2, 0.25) is 0 Å². The lowest BCUT2D eigenvalue weighted by Gasteiger charge is -2.22. The average molecular weight is 365 g/mol. The Bertz CT molecular complexity index is 262. The highest BCUT2D eigenvalue weighted by molar-refractivity contribution is 14.0. The van der Waals surface area contributed by atoms with Crippen LogP contribution in [-0.4, -0.2) is 25.1 Å². The lowest BCUT2D eigenvalue weighted by Crippen LogP contribution is -2.39. The Morgan fingerprint density at radius 1 is 1.17 bits per heavy atom. The summed E-state index contributed by atoms with van der Waals surface area (Å²) >= 11 is 0. The summed E-state index contributed by atoms with van der Waals surface area (Å²) < 4.78 is 0. The van der Waals surface area contributed by atoms with Crippen molar-refractivity contribution in [3.8, 4) is 0 Å². The van der Waals surface area contributed by atoms with Crippen molar-refractivity contribution >= 4 is 29.9 Å². The Morgan fingerprint density at radius 3 is 2.50 bits per heavy atom. The van der Waals surface area contributed by atoms with Crippen LogP contribution in [0.5, 0.6) is 0 Å². The standard InChI is InChI=1S/C14H27N3.HI/c1-3-15-14(16-4-2)17-13-10-12(13)11-8-6-5-7-9-11;/h11-13H,3-10H2,1-2H3,(H2,15,16,17);1H. The molecule has 2 rings (SSSR count). The van der Waals surface area contributed by atoms with Crippen molar-refractivity contribution in [3.63, 3.8) is 0 Å². The largest absolute Gasteiger partial charge is 0.357 e. The zero-order valence-corrected chi connectivity index (χ0v) is 14.1. The maximum absolute atomic E-state index is 4.47. The van der Waals surface area contributed by atoms with Gasteiger partial charge in [-0.3, -0.25) is 4.99 Å². The van der Waals surface area contributed by atoms with Gasteiger partial charge in [0.25, 0.3) is 0 Å². The van der Waals surface area contributed by atoms with Crippen LogP contribution in [0.1, 0.15) is 52.4 Å². The fourth-order valence-corrected chi connectivity index (χ4v) is 3.12. The SMILES string of the molecule is CCN=C(NCC)NC1CC1C1CCCCC1.I. The second-order valence-electron chi connectivity index (χ2n) is 5.40. The number of hydrogen-bond donors (Lipinski definition) is 2. The van der Waals surface area contributed by atoms with E-state index in [1.807, 2.05) is 0 Å². The fourth-order valence-electron chi connectivity index (χ4n) is 3.12. The van der Waals surface area contributed by atoms with E-state index in [0.717, 1.165) is 30.9 Å². The van der Waals surface area contributed by atoms with Crippen LogP contribution in [0.25, 0.3) is 0 Å². The van der Waals surface area contributed by atoms with Gasteiger partial charge in [0.15, 0.2) is 5.96 Å². The fraction of sp³-hybridized carbons (Fsp3) is 0.929. The van der Waals surface area contributed by atoms with E-state index in [0.29, 0.717) is 6.04 Å². The summed E-state index contributed by atoms with van der Waals surface area (Å²) in [4.78, 5) is 4.47. The molecule has 2 saturated carbocycles. The van der Waals surface area contributed by atoms with Crippen LogP contribution < -0.4 is 10.6 Å². The molecule has 2 aliphatic rings. The summed E-state index contributed by atoms with van der Waals surface area (Å²) in [6, 6.07) is 0.697. The Labute approximate surface area is 129 Å². The molecule has 106 valence electrons. The van der Waals surface area contributed by atoms with Crippen LogP contribution in [0.3, 0.4) is 0 Å². The molecule has 0 aromatic heterocycles. The highest BCUT2D eigenvalue weighted by Gasteiger charge is 2.43. The maximum atomic E-state index is 4.47. The third kappa shape index (κ3) is 4.59. The summed E-state index contributed by atoms with van der Waals surface area (Å²) in [5.41, 5.74) is 0. The van der Waals surface area contributed by atoms with Crippen LogP contribution in [-0.2, 0) is 0 Å². The van der Waals surface area contributed by atoms with Gasteiger partial charge in [0, 0.05) is 19.1 Å². The van der Waals surface area contributed by atoms with Crippen molar-refractivity contribution in [1.29, 1.82) is 0 Å². The van der Waals surface area contributed by atoms with E-state index in [2.05, 4.69) is 29.5 Å². The molecule has 2 aliphatic carbocycles. The van der Waals surface area contributed by atoms with Gasteiger partial charge in [-0.1, -0.05) is 32.1 Å². The third-order valence-electron chi connectivity index (χ3n) is 4.08. The first-order valence-corrected chi connectivity index (χ1v) is 7.40. The van der Waals surface area contributed by atoms with Gasteiger partial charge in [0.05, 0.1) is 0 Å². The highest BCUT2D eigenvalue weighted by atomic mass is 127. The van der Waals surface area contributed by atoms with Crippen molar-refractivity contribution in [2.45, 2.75) is 58.4 Å². The molecule has 3 nitrogen and oxygen atoms in total. The molecule has 0 heterocycles. The van der Waals surface area contributed by atoms with E-state index >= 15 is 0 Å². The average Bonchev–Trinajstić information content (AvgIpc) is 3.10. The monoisotopic (exact) mass is 365 g/mol. The minimum absolute atomic E-state index is 0. The zero-order valence-electron chi connectivity index (χ0n) is 11.7. The van der Waals surface area contributed by atoms with Crippen LogP contribution in [0.2, 0.25) is 0 Å². The Hall–Kier alpha value is 0. The molecular weight excluding hydrogens is 337 g/mol. The molecule has 2 atom stereocenters. The third-order valence-corrected chi connectivity index (χ3v) is 4.08. The molecular formula is C14H28IN3. The van der Waals surface area contributed by atoms with E-state index in [9.17, 15) is 0 Å². The zero-order chi connectivity index (χ0) is 12.1. The van der Waals surface area contributed by atoms with E-state index in [1.165, 1.54) is 38.5 Å². The number of nitrogens with one attached hydrogen (secondary N) is 2. The molecule has 0 radical (unpaired) electrons. The Morgan fingerprint density at radius 2 is 1.89 bits per heavy atom. The molecule has 0 bridgehead atoms. The van der Waals surface area contributed by atoms with Gasteiger partial charge in [0.1, 0.15) is 0 Å². The van der Waals surface area contributed by atoms with E-state index in [4.69, 9.17) is 0 Å². The Balaban J connectivity index is 0.00000162. The van der Waals surface area contributed by atoms with Crippen molar-refractivity contribution in [2.24, 2.45) is 16.8 Å². The van der Waals surface area contributed by atoms with Crippen LogP contribution in [0, 0.1) is 11.8 Å². The van der Waals surface area contributed by atoms with Crippen molar-refractivity contribution in [1.82, 2.24) is 10.6 Å². The predicted octanol–water partition coefficient (Wildman–Crippen LogP) is 3.15. The molecule has 2 fully saturated rings. The lowest BCUT2D eigenvalue weighted by molar-refractivity contribution is 0.315. The van der Waals surface area contributed by atoms with Crippen molar-refractivity contribution < 1.29 is 0 Å². The van der Waals surface area contributed by atoms with Gasteiger partial charge in [-0.05, 0) is 32.1 Å². The normalized spacial score (nSPS) is 28.4. The molecule has 0 aliphatic heterocycles. The van der Waals surface area contributed by atoms with E-state index in [-0.39, 0.29) is 24.0 Å². The molecule has 4 heteroatoms. The second kappa shape index (κ2) is 8.23. The molecule has 0 saturated heterocycles. The first-order valence-electron chi connectivity index (χ1n) is 7.40. The van der Waals surface area contributed by atoms with E-state index < -0.39 is 0 Å². The summed E-state index contributed by atoms with van der Waals surface area (Å²) in [6.07, 6.45) is 8.66. The number of aliphatic imine (C=N–C) groups is 1. The first kappa shape index (κ1) is 16.1. The van der Waals surface area contributed by atoms with Gasteiger partial charge in [-0.25, -0.2) is 0 Å². The number of halogens is 1. The molecule has 2 N–H and O–H groups in total. The minimum Gasteiger partial charge on any atom is -0.357 e. The second-order valence-corrected chi connectivity index (χ2v) is 5.40. The van der Waals surface area contributed by atoms with Crippen LogP contribution in [0.15, 0.2) is 4.99 Å². The van der Waals surface area contributed by atoms with Crippen molar-refractivity contribution in [3.05, 3.63) is 0 Å². The summed E-state index contributed by atoms with van der Waals surface area (Å²) in [7, 11) is 0. The number of hydrogen-bond acceptors (Lipinski definition) is 1. The first-order chi connectivity index (χ1) is 8.35. The van der Waals surface area contributed by atoms with Crippen LogP contribution in [0.4, 0.5) is 0 Å². The topological polar surface area (TPSA) is 36.4 Å². The molecule has 0 spiro atoms. The molecule has 18 heavy (non-hydrogen) atoms. The van der Waals surface area contributed by atoms with E-state index in [1.54, 1.807) is 0 Å². The van der Waals surface area contributed by atoms with Crippen molar-refractivity contribution in [2.75, 3.05) is 13.1 Å². The molecule has 2 unspecified atom stereocenters. The van der Waals surface area contributed by atoms with Gasteiger partial charge in [-0.2, -0.15) is 0 Å². The molecule has 0 aromatic carbocycles. The van der Waals surface area contributed by atoms with Gasteiger partial charge in [-0.15, -0.1) is 24.0 Å². The number of nitrogens with zero attached hydrogens (tertiary/aromatic N) is 1. The summed E-state index contributed by atoms with van der Waals surface area (Å²) in [6.45, 7) is 6.02. The molecule has 0 amide bonds. The molecule has 0 aromatic rings. The number of guanidine groups is 1. The predicted molar refractivity (Wildman–Crippen MR) is 88.7 cm³/mol. The lowest BCUT2D eigenvalue weighted by atomic mass is 9.85. The summed E-state index contributed by atoms with van der Waals surface area (Å²) in [5, 5.41) is 6.90. The van der Waals surface area contributed by atoms with Gasteiger partial charge >= 0.3 is 0 Å². The van der Waals surface area contributed by atoms with Gasteiger partial charge < -0.3 is 10.6 Å². The minimum atomic E-state index is 0. The number of rotatable bonds is 4. The smallest absolute Gasteiger partial charge is 0.191 e. The Kier molecular flexibility index (Phi) is 7.34. The highest BCUT2D eigenvalue weighted by Crippen LogP contribution is 2.44. The quantitative estimate of drug-likeness (QED) is 0.456. The maximum Gasteiger partial charge on any atom is 0.191 e. The summed E-state index contributed by atoms with van der Waals surface area (Å²) in [5.74, 6) is 2.93. The van der Waals surface area contributed by atoms with Crippen LogP contribution >= 0.6 is 24.0 Å².